The van der Waals surface area contributed by atoms with Gasteiger partial charge in [0.05, 0.1) is 5.69 Å². The molecule has 2 heteroatoms. The molecular weight excluding hydrogens is 268 g/mol. The molecule has 0 aliphatic rings. The third-order valence-electron chi connectivity index (χ3n) is 3.76. The van der Waals surface area contributed by atoms with Gasteiger partial charge >= 0.3 is 0 Å². The molecule has 0 radical (unpaired) electrons. The van der Waals surface area contributed by atoms with Crippen LogP contribution in [-0.2, 0) is 12.8 Å². The second-order valence-electron chi connectivity index (χ2n) is 5.53. The Morgan fingerprint density at radius 1 is 0.773 bits per heavy atom. The summed E-state index contributed by atoms with van der Waals surface area (Å²) >= 11 is 0. The van der Waals surface area contributed by atoms with E-state index in [1.165, 1.54) is 11.1 Å². The minimum absolute atomic E-state index is 0.0917. The Balaban J connectivity index is 1.78. The van der Waals surface area contributed by atoms with Crippen molar-refractivity contribution in [2.75, 3.05) is 0 Å². The lowest BCUT2D eigenvalue weighted by atomic mass is 9.96. The predicted molar refractivity (Wildman–Crippen MR) is 91.5 cm³/mol. The van der Waals surface area contributed by atoms with Crippen molar-refractivity contribution in [3.63, 3.8) is 0 Å². The Labute approximate surface area is 131 Å². The highest BCUT2D eigenvalue weighted by atomic mass is 14.7. The molecule has 0 saturated heterocycles. The minimum Gasteiger partial charge on any atom is -0.327 e. The summed E-state index contributed by atoms with van der Waals surface area (Å²) in [7, 11) is 0. The van der Waals surface area contributed by atoms with Gasteiger partial charge in [-0.05, 0) is 30.0 Å². The number of hydrogen-bond acceptors (Lipinski definition) is 2. The summed E-state index contributed by atoms with van der Waals surface area (Å²) in [6.45, 7) is 0. The molecule has 3 rings (SSSR count). The van der Waals surface area contributed by atoms with Gasteiger partial charge in [0.15, 0.2) is 0 Å². The maximum atomic E-state index is 6.36. The molecular formula is C20H20N2. The lowest BCUT2D eigenvalue weighted by Crippen LogP contribution is -2.25. The van der Waals surface area contributed by atoms with E-state index in [4.69, 9.17) is 5.73 Å². The first-order valence-electron chi connectivity index (χ1n) is 7.62. The maximum Gasteiger partial charge on any atom is 0.0734 e. The number of aromatic nitrogens is 1. The van der Waals surface area contributed by atoms with Crippen molar-refractivity contribution in [3.05, 3.63) is 90.1 Å². The highest BCUT2D eigenvalue weighted by molar-refractivity contribution is 5.62. The van der Waals surface area contributed by atoms with Crippen LogP contribution in [0.4, 0.5) is 0 Å². The molecule has 0 spiro atoms. The van der Waals surface area contributed by atoms with E-state index in [0.29, 0.717) is 0 Å². The Hall–Kier alpha value is -2.45. The number of nitrogens with two attached hydrogens (primary N) is 1. The van der Waals surface area contributed by atoms with Crippen LogP contribution < -0.4 is 5.73 Å². The van der Waals surface area contributed by atoms with E-state index in [1.807, 2.05) is 36.5 Å². The number of rotatable bonds is 5. The van der Waals surface area contributed by atoms with Crippen LogP contribution in [0.15, 0.2) is 79.0 Å². The maximum absolute atomic E-state index is 6.36. The Morgan fingerprint density at radius 3 is 2.18 bits per heavy atom. The predicted octanol–water partition coefficient (Wildman–Crippen LogP) is 3.86. The third kappa shape index (κ3) is 3.60. The average Bonchev–Trinajstić information content (AvgIpc) is 2.57. The molecule has 1 atom stereocenters. The number of pyridine rings is 1. The van der Waals surface area contributed by atoms with E-state index < -0.39 is 0 Å². The van der Waals surface area contributed by atoms with Gasteiger partial charge in [0.2, 0.25) is 0 Å². The van der Waals surface area contributed by atoms with Crippen molar-refractivity contribution in [3.8, 4) is 11.3 Å². The molecule has 1 unspecified atom stereocenters. The summed E-state index contributed by atoms with van der Waals surface area (Å²) in [6, 6.07) is 24.9. The van der Waals surface area contributed by atoms with Gasteiger partial charge in [0.25, 0.3) is 0 Å². The number of nitrogens with zero attached hydrogens (tertiary/aromatic N) is 1. The number of benzene rings is 2. The highest BCUT2D eigenvalue weighted by Gasteiger charge is 2.11. The molecule has 0 aliphatic carbocycles. The van der Waals surface area contributed by atoms with Gasteiger partial charge in [-0.15, -0.1) is 0 Å². The standard InChI is InChI=1S/C20H20N2/c21-19(14-16-8-3-1-4-9-16)15-18-12-7-13-22-20(18)17-10-5-2-6-11-17/h1-13,19H,14-15,21H2. The summed E-state index contributed by atoms with van der Waals surface area (Å²) in [5.74, 6) is 0. The molecule has 2 nitrogen and oxygen atoms in total. The van der Waals surface area contributed by atoms with Crippen molar-refractivity contribution in [2.24, 2.45) is 5.73 Å². The first kappa shape index (κ1) is 14.5. The van der Waals surface area contributed by atoms with Gasteiger partial charge < -0.3 is 5.73 Å². The summed E-state index contributed by atoms with van der Waals surface area (Å²) in [5, 5.41) is 0. The third-order valence-corrected chi connectivity index (χ3v) is 3.76. The molecule has 1 aromatic heterocycles. The Bertz CT molecular complexity index is 708. The van der Waals surface area contributed by atoms with Crippen LogP contribution in [0, 0.1) is 0 Å². The van der Waals surface area contributed by atoms with E-state index in [-0.39, 0.29) is 6.04 Å². The van der Waals surface area contributed by atoms with Crippen molar-refractivity contribution in [1.29, 1.82) is 0 Å². The Kier molecular flexibility index (Phi) is 4.62. The summed E-state index contributed by atoms with van der Waals surface area (Å²) < 4.78 is 0. The summed E-state index contributed by atoms with van der Waals surface area (Å²) in [4.78, 5) is 4.55. The first-order chi connectivity index (χ1) is 10.8. The van der Waals surface area contributed by atoms with Crippen molar-refractivity contribution >= 4 is 0 Å². The fourth-order valence-electron chi connectivity index (χ4n) is 2.73. The lowest BCUT2D eigenvalue weighted by molar-refractivity contribution is 0.664. The normalized spacial score (nSPS) is 12.0. The van der Waals surface area contributed by atoms with Crippen LogP contribution >= 0.6 is 0 Å². The fraction of sp³-hybridized carbons (Fsp3) is 0.150. The Morgan fingerprint density at radius 2 is 1.45 bits per heavy atom. The molecule has 0 amide bonds. The largest absolute Gasteiger partial charge is 0.327 e. The average molecular weight is 288 g/mol. The molecule has 1 heterocycles. The SMILES string of the molecule is NC(Cc1ccccc1)Cc1cccnc1-c1ccccc1. The van der Waals surface area contributed by atoms with Crippen molar-refractivity contribution in [1.82, 2.24) is 4.98 Å². The topological polar surface area (TPSA) is 38.9 Å². The molecule has 110 valence electrons. The van der Waals surface area contributed by atoms with Crippen LogP contribution in [0.2, 0.25) is 0 Å². The van der Waals surface area contributed by atoms with Crippen LogP contribution in [-0.4, -0.2) is 11.0 Å². The second kappa shape index (κ2) is 7.01. The second-order valence-corrected chi connectivity index (χ2v) is 5.53. The molecule has 2 aromatic carbocycles. The van der Waals surface area contributed by atoms with Crippen LogP contribution in [0.25, 0.3) is 11.3 Å². The molecule has 2 N–H and O–H groups in total. The zero-order valence-corrected chi connectivity index (χ0v) is 12.5. The number of hydrogen-bond donors (Lipinski definition) is 1. The molecule has 0 bridgehead atoms. The molecule has 0 fully saturated rings. The molecule has 22 heavy (non-hydrogen) atoms. The quantitative estimate of drug-likeness (QED) is 0.774. The monoisotopic (exact) mass is 288 g/mol. The summed E-state index contributed by atoms with van der Waals surface area (Å²) in [6.07, 6.45) is 3.55. The van der Waals surface area contributed by atoms with E-state index in [9.17, 15) is 0 Å². The fourth-order valence-corrected chi connectivity index (χ4v) is 2.73. The van der Waals surface area contributed by atoms with Crippen LogP contribution in [0.5, 0.6) is 0 Å². The van der Waals surface area contributed by atoms with Crippen LogP contribution in [0.1, 0.15) is 11.1 Å². The van der Waals surface area contributed by atoms with Gasteiger partial charge in [-0.3, -0.25) is 4.98 Å². The van der Waals surface area contributed by atoms with Crippen LogP contribution in [0.3, 0.4) is 0 Å². The van der Waals surface area contributed by atoms with E-state index in [1.54, 1.807) is 0 Å². The van der Waals surface area contributed by atoms with E-state index in [0.717, 1.165) is 24.1 Å². The van der Waals surface area contributed by atoms with Gasteiger partial charge in [-0.1, -0.05) is 66.7 Å². The zero-order chi connectivity index (χ0) is 15.2. The summed E-state index contributed by atoms with van der Waals surface area (Å²) in [5.41, 5.74) is 11.0. The molecule has 3 aromatic rings. The lowest BCUT2D eigenvalue weighted by Gasteiger charge is -2.14. The van der Waals surface area contributed by atoms with Gasteiger partial charge in [0, 0.05) is 17.8 Å². The van der Waals surface area contributed by atoms with E-state index in [2.05, 4.69) is 47.4 Å². The van der Waals surface area contributed by atoms with Crippen molar-refractivity contribution in [2.45, 2.75) is 18.9 Å². The molecule has 0 aliphatic heterocycles. The van der Waals surface area contributed by atoms with Gasteiger partial charge in [0.1, 0.15) is 0 Å². The van der Waals surface area contributed by atoms with Crippen molar-refractivity contribution < 1.29 is 0 Å². The molecule has 0 saturated carbocycles. The van der Waals surface area contributed by atoms with Gasteiger partial charge in [-0.2, -0.15) is 0 Å². The first-order valence-corrected chi connectivity index (χ1v) is 7.62. The van der Waals surface area contributed by atoms with E-state index >= 15 is 0 Å². The smallest absolute Gasteiger partial charge is 0.0734 e. The minimum atomic E-state index is 0.0917. The highest BCUT2D eigenvalue weighted by Crippen LogP contribution is 2.22. The van der Waals surface area contributed by atoms with Gasteiger partial charge in [-0.25, -0.2) is 0 Å². The zero-order valence-electron chi connectivity index (χ0n) is 12.5.